The van der Waals surface area contributed by atoms with Crippen LogP contribution in [0.25, 0.3) is 10.8 Å². The van der Waals surface area contributed by atoms with E-state index >= 15 is 0 Å². The number of nitrogens with zero attached hydrogens (tertiary/aromatic N) is 1. The van der Waals surface area contributed by atoms with Crippen molar-refractivity contribution in [3.63, 3.8) is 0 Å². The third-order valence-electron chi connectivity index (χ3n) is 8.89. The number of hydrogen-bond acceptors (Lipinski definition) is 3. The second-order valence-electron chi connectivity index (χ2n) is 11.5. The summed E-state index contributed by atoms with van der Waals surface area (Å²) in [6.45, 7) is 4.95. The van der Waals surface area contributed by atoms with Crippen molar-refractivity contribution >= 4 is 16.7 Å². The molecule has 2 unspecified atom stereocenters. The molecule has 7 heteroatoms. The fourth-order valence-corrected chi connectivity index (χ4v) is 6.83. The fourth-order valence-electron chi connectivity index (χ4n) is 6.83. The number of rotatable bonds is 6. The average Bonchev–Trinajstić information content (AvgIpc) is 3.04. The topological polar surface area (TPSA) is 49.8 Å². The first-order valence-corrected chi connectivity index (χ1v) is 13.4. The van der Waals surface area contributed by atoms with Gasteiger partial charge in [-0.1, -0.05) is 32.0 Å². The molecule has 1 N–H and O–H groups in total. The molecule has 3 fully saturated rings. The van der Waals surface area contributed by atoms with E-state index in [-0.39, 0.29) is 35.2 Å². The van der Waals surface area contributed by atoms with Gasteiger partial charge in [0.15, 0.2) is 0 Å². The summed E-state index contributed by atoms with van der Waals surface area (Å²) >= 11 is 0. The number of hydrogen-bond donors (Lipinski definition) is 1. The number of ether oxygens (including phenoxy) is 1. The minimum absolute atomic E-state index is 0.0671. The molecule has 3 aliphatic rings. The largest absolute Gasteiger partial charge is 0.490 e. The van der Waals surface area contributed by atoms with Crippen molar-refractivity contribution in [2.75, 3.05) is 0 Å². The Morgan fingerprint density at radius 2 is 1.67 bits per heavy atom. The summed E-state index contributed by atoms with van der Waals surface area (Å²) in [5.41, 5.74) is 0.147. The lowest BCUT2D eigenvalue weighted by Crippen LogP contribution is -2.44. The highest BCUT2D eigenvalue weighted by Crippen LogP contribution is 2.44. The number of halogens is 3. The summed E-state index contributed by atoms with van der Waals surface area (Å²) in [6, 6.07) is 8.91. The number of carboxylic acids is 1. The van der Waals surface area contributed by atoms with Crippen LogP contribution in [0.5, 0.6) is 5.75 Å². The van der Waals surface area contributed by atoms with Crippen LogP contribution in [0.2, 0.25) is 0 Å². The van der Waals surface area contributed by atoms with Crippen molar-refractivity contribution in [3.8, 4) is 5.75 Å². The van der Waals surface area contributed by atoms with Gasteiger partial charge in [-0.15, -0.1) is 0 Å². The molecule has 1 aliphatic carbocycles. The first-order valence-electron chi connectivity index (χ1n) is 13.4. The van der Waals surface area contributed by atoms with Gasteiger partial charge in [-0.05, 0) is 91.7 Å². The number of alkyl halides is 3. The van der Waals surface area contributed by atoms with E-state index in [1.165, 1.54) is 6.07 Å². The molecular weight excluding hydrogens is 467 g/mol. The Kier molecular flexibility index (Phi) is 6.96. The molecule has 5 rings (SSSR count). The Morgan fingerprint density at radius 1 is 1.03 bits per heavy atom. The normalized spacial score (nSPS) is 29.1. The van der Waals surface area contributed by atoms with Gasteiger partial charge in [-0.2, -0.15) is 13.2 Å². The number of fused-ring (bicyclic) bond motifs is 3. The predicted octanol–water partition coefficient (Wildman–Crippen LogP) is 7.28. The van der Waals surface area contributed by atoms with Crippen LogP contribution in [0, 0.1) is 17.8 Å². The second kappa shape index (κ2) is 9.88. The van der Waals surface area contributed by atoms with E-state index in [2.05, 4.69) is 18.7 Å². The Bertz CT molecular complexity index is 1090. The van der Waals surface area contributed by atoms with Crippen LogP contribution in [0.15, 0.2) is 30.3 Å². The zero-order chi connectivity index (χ0) is 25.6. The number of benzene rings is 2. The van der Waals surface area contributed by atoms with E-state index in [1.807, 2.05) is 6.07 Å². The SMILES string of the molecule is CC(C)C1CCC(Oc2ccc3ccc(CN4C5CCC4CC(C(=O)O)C5)cc3c2C(F)(F)F)CC1. The van der Waals surface area contributed by atoms with Crippen LogP contribution in [-0.2, 0) is 17.5 Å². The summed E-state index contributed by atoms with van der Waals surface area (Å²) in [5.74, 6) is 0.0742. The van der Waals surface area contributed by atoms with Crippen molar-refractivity contribution in [3.05, 3.63) is 41.5 Å². The summed E-state index contributed by atoms with van der Waals surface area (Å²) in [7, 11) is 0. The number of carbonyl (C=O) groups is 1. The molecule has 0 radical (unpaired) electrons. The average molecular weight is 504 g/mol. The van der Waals surface area contributed by atoms with Crippen molar-refractivity contribution in [2.24, 2.45) is 17.8 Å². The molecule has 2 aromatic rings. The van der Waals surface area contributed by atoms with E-state index in [0.29, 0.717) is 36.6 Å². The van der Waals surface area contributed by atoms with Gasteiger partial charge in [-0.25, -0.2) is 0 Å². The molecular formula is C29H36F3NO3. The highest BCUT2D eigenvalue weighted by atomic mass is 19.4. The lowest BCUT2D eigenvalue weighted by molar-refractivity contribution is -0.144. The summed E-state index contributed by atoms with van der Waals surface area (Å²) in [6.07, 6.45) is 1.97. The summed E-state index contributed by atoms with van der Waals surface area (Å²) < 4.78 is 49.2. The predicted molar refractivity (Wildman–Crippen MR) is 133 cm³/mol. The number of piperidine rings is 1. The first-order chi connectivity index (χ1) is 17.1. The molecule has 0 aromatic heterocycles. The van der Waals surface area contributed by atoms with Crippen LogP contribution in [0.1, 0.15) is 76.3 Å². The number of aliphatic carboxylic acids is 1. The van der Waals surface area contributed by atoms with E-state index in [0.717, 1.165) is 44.1 Å². The van der Waals surface area contributed by atoms with Gasteiger partial charge in [-0.3, -0.25) is 9.69 Å². The quantitative estimate of drug-likeness (QED) is 0.450. The highest BCUT2D eigenvalue weighted by Gasteiger charge is 2.43. The maximum absolute atomic E-state index is 14.4. The molecule has 2 bridgehead atoms. The molecule has 2 atom stereocenters. The van der Waals surface area contributed by atoms with Gasteiger partial charge in [0.05, 0.1) is 12.0 Å². The third kappa shape index (κ3) is 5.09. The zero-order valence-electron chi connectivity index (χ0n) is 21.1. The lowest BCUT2D eigenvalue weighted by Gasteiger charge is -2.37. The molecule has 196 valence electrons. The molecule has 0 amide bonds. The Labute approximate surface area is 210 Å². The van der Waals surface area contributed by atoms with Gasteiger partial charge >= 0.3 is 12.1 Å². The maximum atomic E-state index is 14.4. The first kappa shape index (κ1) is 25.4. The second-order valence-corrected chi connectivity index (χ2v) is 11.5. The van der Waals surface area contributed by atoms with Crippen LogP contribution < -0.4 is 4.74 Å². The minimum atomic E-state index is -4.53. The molecule has 2 heterocycles. The molecule has 36 heavy (non-hydrogen) atoms. The fraction of sp³-hybridized carbons (Fsp3) is 0.621. The zero-order valence-corrected chi connectivity index (χ0v) is 21.1. The minimum Gasteiger partial charge on any atom is -0.490 e. The van der Waals surface area contributed by atoms with Gasteiger partial charge in [0.2, 0.25) is 0 Å². The molecule has 0 spiro atoms. The van der Waals surface area contributed by atoms with Gasteiger partial charge in [0.1, 0.15) is 11.3 Å². The molecule has 2 aromatic carbocycles. The van der Waals surface area contributed by atoms with Gasteiger partial charge in [0, 0.05) is 18.6 Å². The Morgan fingerprint density at radius 3 is 2.25 bits per heavy atom. The van der Waals surface area contributed by atoms with E-state index in [9.17, 15) is 23.1 Å². The van der Waals surface area contributed by atoms with Gasteiger partial charge < -0.3 is 9.84 Å². The third-order valence-corrected chi connectivity index (χ3v) is 8.89. The van der Waals surface area contributed by atoms with Crippen molar-refractivity contribution < 1.29 is 27.8 Å². The number of carboxylic acid groups (broad SMARTS) is 1. The molecule has 2 saturated heterocycles. The van der Waals surface area contributed by atoms with Crippen LogP contribution in [-0.4, -0.2) is 34.2 Å². The molecule has 4 nitrogen and oxygen atoms in total. The van der Waals surface area contributed by atoms with Gasteiger partial charge in [0.25, 0.3) is 0 Å². The van der Waals surface area contributed by atoms with E-state index in [1.54, 1.807) is 18.2 Å². The Hall–Kier alpha value is -2.28. The van der Waals surface area contributed by atoms with E-state index in [4.69, 9.17) is 4.74 Å². The van der Waals surface area contributed by atoms with Crippen LogP contribution in [0.3, 0.4) is 0 Å². The van der Waals surface area contributed by atoms with Crippen molar-refractivity contribution in [1.29, 1.82) is 0 Å². The highest BCUT2D eigenvalue weighted by molar-refractivity contribution is 5.89. The van der Waals surface area contributed by atoms with Crippen LogP contribution in [0.4, 0.5) is 13.2 Å². The molecule has 1 saturated carbocycles. The standard InChI is InChI=1S/C29H36F3NO3/c1-17(2)19-5-10-24(11-6-19)36-26-12-7-20-4-3-18(13-25(20)27(26)29(30,31)32)16-33-22-8-9-23(33)15-21(14-22)28(34)35/h3-4,7,12-13,17,19,21-24H,5-6,8-11,14-16H2,1-2H3,(H,34,35). The Balaban J connectivity index is 1.40. The molecule has 2 aliphatic heterocycles. The summed E-state index contributed by atoms with van der Waals surface area (Å²) in [5, 5.41) is 10.2. The monoisotopic (exact) mass is 503 g/mol. The van der Waals surface area contributed by atoms with Crippen LogP contribution >= 0.6 is 0 Å². The maximum Gasteiger partial charge on any atom is 0.420 e. The lowest BCUT2D eigenvalue weighted by atomic mass is 9.80. The smallest absolute Gasteiger partial charge is 0.420 e. The summed E-state index contributed by atoms with van der Waals surface area (Å²) in [4.78, 5) is 13.8. The van der Waals surface area contributed by atoms with E-state index < -0.39 is 17.7 Å². The van der Waals surface area contributed by atoms with Crippen molar-refractivity contribution in [1.82, 2.24) is 4.90 Å². The van der Waals surface area contributed by atoms with Crippen molar-refractivity contribution in [2.45, 2.75) is 96.1 Å².